The van der Waals surface area contributed by atoms with Gasteiger partial charge in [0.25, 0.3) is 11.8 Å². The molecule has 0 unspecified atom stereocenters. The van der Waals surface area contributed by atoms with E-state index in [2.05, 4.69) is 31.5 Å². The highest BCUT2D eigenvalue weighted by atomic mass is 79.9. The molecule has 1 aromatic carbocycles. The molecule has 2 aromatic rings. The molecule has 2 amide bonds. The number of aryl methyl sites for hydroxylation is 1. The Morgan fingerprint density at radius 3 is 2.52 bits per heavy atom. The van der Waals surface area contributed by atoms with E-state index in [4.69, 9.17) is 0 Å². The molecule has 1 aromatic heterocycles. The summed E-state index contributed by atoms with van der Waals surface area (Å²) in [4.78, 5) is 28.3. The molecule has 0 aliphatic heterocycles. The largest absolute Gasteiger partial charge is 0.350 e. The number of carbonyl (C=O) groups is 2. The van der Waals surface area contributed by atoms with Crippen LogP contribution in [-0.2, 0) is 0 Å². The lowest BCUT2D eigenvalue weighted by molar-refractivity contribution is 0.0943. The van der Waals surface area contributed by atoms with Crippen LogP contribution >= 0.6 is 15.9 Å². The molecule has 1 heterocycles. The van der Waals surface area contributed by atoms with Crippen LogP contribution in [0.3, 0.4) is 0 Å². The maximum atomic E-state index is 12.3. The highest BCUT2D eigenvalue weighted by Gasteiger charge is 2.13. The average molecular weight is 376 g/mol. The third kappa shape index (κ3) is 4.63. The van der Waals surface area contributed by atoms with Gasteiger partial charge in [0, 0.05) is 28.0 Å². The first-order valence-corrected chi connectivity index (χ1v) is 8.00. The number of amides is 2. The topological polar surface area (TPSA) is 71.1 Å². The van der Waals surface area contributed by atoms with Crippen molar-refractivity contribution >= 4 is 33.4 Å². The van der Waals surface area contributed by atoms with Gasteiger partial charge >= 0.3 is 0 Å². The van der Waals surface area contributed by atoms with Crippen molar-refractivity contribution in [2.24, 2.45) is 0 Å². The zero-order chi connectivity index (χ0) is 17.0. The van der Waals surface area contributed by atoms with Crippen molar-refractivity contribution in [3.63, 3.8) is 0 Å². The molecule has 2 N–H and O–H groups in total. The van der Waals surface area contributed by atoms with E-state index in [1.807, 2.05) is 39.0 Å². The van der Waals surface area contributed by atoms with Gasteiger partial charge in [-0.25, -0.2) is 0 Å². The van der Waals surface area contributed by atoms with Gasteiger partial charge in [-0.3, -0.25) is 14.6 Å². The molecular formula is C17H18BrN3O2. The van der Waals surface area contributed by atoms with Gasteiger partial charge in [-0.05, 0) is 50.6 Å². The molecule has 23 heavy (non-hydrogen) atoms. The number of nitrogens with zero attached hydrogens (tertiary/aromatic N) is 1. The van der Waals surface area contributed by atoms with Gasteiger partial charge in [-0.2, -0.15) is 0 Å². The van der Waals surface area contributed by atoms with Gasteiger partial charge in [0.15, 0.2) is 0 Å². The smallest absolute Gasteiger partial charge is 0.274 e. The summed E-state index contributed by atoms with van der Waals surface area (Å²) in [6.07, 6.45) is 1.45. The Hall–Kier alpha value is -2.21. The molecule has 0 fully saturated rings. The number of anilines is 1. The molecule has 2 rings (SSSR count). The van der Waals surface area contributed by atoms with Crippen molar-refractivity contribution in [2.45, 2.75) is 26.8 Å². The Bertz CT molecular complexity index is 744. The average Bonchev–Trinajstić information content (AvgIpc) is 2.50. The molecule has 0 saturated heterocycles. The van der Waals surface area contributed by atoms with Crippen molar-refractivity contribution in [3.8, 4) is 0 Å². The van der Waals surface area contributed by atoms with E-state index < -0.39 is 0 Å². The summed E-state index contributed by atoms with van der Waals surface area (Å²) in [5, 5.41) is 5.55. The number of halogens is 1. The lowest BCUT2D eigenvalue weighted by Crippen LogP contribution is -2.30. The molecule has 120 valence electrons. The van der Waals surface area contributed by atoms with Crippen LogP contribution in [0.5, 0.6) is 0 Å². The second-order valence-electron chi connectivity index (χ2n) is 5.48. The number of rotatable bonds is 4. The van der Waals surface area contributed by atoms with Crippen molar-refractivity contribution in [1.29, 1.82) is 0 Å². The molecule has 0 spiro atoms. The number of hydrogen-bond donors (Lipinski definition) is 2. The highest BCUT2D eigenvalue weighted by molar-refractivity contribution is 9.10. The fourth-order valence-electron chi connectivity index (χ4n) is 1.91. The van der Waals surface area contributed by atoms with Crippen LogP contribution in [0.1, 0.15) is 40.3 Å². The normalized spacial score (nSPS) is 10.5. The number of aromatic nitrogens is 1. The van der Waals surface area contributed by atoms with Crippen molar-refractivity contribution in [2.75, 3.05) is 5.32 Å². The Morgan fingerprint density at radius 1 is 1.13 bits per heavy atom. The Balaban J connectivity index is 2.16. The summed E-state index contributed by atoms with van der Waals surface area (Å²) in [5.74, 6) is -0.588. The molecule has 0 radical (unpaired) electrons. The maximum absolute atomic E-state index is 12.3. The fraction of sp³-hybridized carbons (Fsp3) is 0.235. The molecule has 6 heteroatoms. The number of pyridine rings is 1. The molecule has 0 saturated carbocycles. The van der Waals surface area contributed by atoms with E-state index >= 15 is 0 Å². The van der Waals surface area contributed by atoms with E-state index in [0.29, 0.717) is 11.3 Å². The zero-order valence-corrected chi connectivity index (χ0v) is 14.8. The fourth-order valence-corrected chi connectivity index (χ4v) is 2.29. The number of hydrogen-bond acceptors (Lipinski definition) is 3. The first-order chi connectivity index (χ1) is 10.9. The summed E-state index contributed by atoms with van der Waals surface area (Å²) in [5.41, 5.74) is 2.34. The number of benzene rings is 1. The van der Waals surface area contributed by atoms with Crippen LogP contribution in [0.15, 0.2) is 41.0 Å². The van der Waals surface area contributed by atoms with Gasteiger partial charge in [0.2, 0.25) is 0 Å². The molecule has 0 bridgehead atoms. The van der Waals surface area contributed by atoms with Gasteiger partial charge in [-0.15, -0.1) is 0 Å². The Labute approximate surface area is 143 Å². The van der Waals surface area contributed by atoms with Crippen molar-refractivity contribution in [3.05, 3.63) is 57.8 Å². The molecule has 0 atom stereocenters. The molecule has 0 aliphatic carbocycles. The van der Waals surface area contributed by atoms with Crippen LogP contribution in [-0.4, -0.2) is 22.8 Å². The highest BCUT2D eigenvalue weighted by Crippen LogP contribution is 2.21. The van der Waals surface area contributed by atoms with Crippen LogP contribution in [0.4, 0.5) is 5.69 Å². The molecule has 0 aliphatic rings. The monoisotopic (exact) mass is 375 g/mol. The lowest BCUT2D eigenvalue weighted by Gasteiger charge is -2.10. The molecule has 5 nitrogen and oxygen atoms in total. The summed E-state index contributed by atoms with van der Waals surface area (Å²) in [6.45, 7) is 5.72. The summed E-state index contributed by atoms with van der Waals surface area (Å²) < 4.78 is 0.910. The summed E-state index contributed by atoms with van der Waals surface area (Å²) >= 11 is 3.43. The van der Waals surface area contributed by atoms with Gasteiger partial charge < -0.3 is 10.6 Å². The third-order valence-electron chi connectivity index (χ3n) is 3.10. The Kier molecular flexibility index (Phi) is 5.50. The predicted octanol–water partition coefficient (Wildman–Crippen LogP) is 3.54. The van der Waals surface area contributed by atoms with E-state index in [9.17, 15) is 9.59 Å². The zero-order valence-electron chi connectivity index (χ0n) is 13.2. The SMILES string of the molecule is Cc1ccc(NC(=O)c2cc(C(=O)NC(C)C)ccn2)cc1Br. The third-order valence-corrected chi connectivity index (χ3v) is 3.96. The number of nitrogens with one attached hydrogen (secondary N) is 2. The first-order valence-electron chi connectivity index (χ1n) is 7.21. The quantitative estimate of drug-likeness (QED) is 0.858. The van der Waals surface area contributed by atoms with Crippen LogP contribution < -0.4 is 10.6 Å². The van der Waals surface area contributed by atoms with E-state index in [0.717, 1.165) is 10.0 Å². The standard InChI is InChI=1S/C17H18BrN3O2/c1-10(2)20-16(22)12-6-7-19-15(8-12)17(23)21-13-5-4-11(3)14(18)9-13/h4-10H,1-3H3,(H,20,22)(H,21,23). The maximum Gasteiger partial charge on any atom is 0.274 e. The minimum atomic E-state index is -0.361. The van der Waals surface area contributed by atoms with E-state index in [1.54, 1.807) is 6.07 Å². The summed E-state index contributed by atoms with van der Waals surface area (Å²) in [6, 6.07) is 8.63. The summed E-state index contributed by atoms with van der Waals surface area (Å²) in [7, 11) is 0. The van der Waals surface area contributed by atoms with Gasteiger partial charge in [0.1, 0.15) is 5.69 Å². The van der Waals surface area contributed by atoms with Gasteiger partial charge in [0.05, 0.1) is 0 Å². The lowest BCUT2D eigenvalue weighted by atomic mass is 10.2. The second kappa shape index (κ2) is 7.37. The Morgan fingerprint density at radius 2 is 1.87 bits per heavy atom. The van der Waals surface area contributed by atoms with E-state index in [-0.39, 0.29) is 23.6 Å². The second-order valence-corrected chi connectivity index (χ2v) is 6.33. The first kappa shape index (κ1) is 17.1. The van der Waals surface area contributed by atoms with Crippen LogP contribution in [0.2, 0.25) is 0 Å². The minimum absolute atomic E-state index is 0.0258. The van der Waals surface area contributed by atoms with Crippen molar-refractivity contribution < 1.29 is 9.59 Å². The van der Waals surface area contributed by atoms with Crippen LogP contribution in [0, 0.1) is 6.92 Å². The minimum Gasteiger partial charge on any atom is -0.350 e. The van der Waals surface area contributed by atoms with Gasteiger partial charge in [-0.1, -0.05) is 22.0 Å². The van der Waals surface area contributed by atoms with Crippen molar-refractivity contribution in [1.82, 2.24) is 10.3 Å². The van der Waals surface area contributed by atoms with E-state index in [1.165, 1.54) is 12.3 Å². The number of carbonyl (C=O) groups excluding carboxylic acids is 2. The molecular weight excluding hydrogens is 358 g/mol. The van der Waals surface area contributed by atoms with Crippen LogP contribution in [0.25, 0.3) is 0 Å². The predicted molar refractivity (Wildman–Crippen MR) is 93.7 cm³/mol.